The number of benzene rings is 3. The normalized spacial score (nSPS) is 15.3. The number of nitrogens with zero attached hydrogens (tertiary/aromatic N) is 3. The van der Waals surface area contributed by atoms with E-state index in [9.17, 15) is 19.8 Å². The third-order valence-electron chi connectivity index (χ3n) is 6.14. The summed E-state index contributed by atoms with van der Waals surface area (Å²) in [6.07, 6.45) is 0. The van der Waals surface area contributed by atoms with E-state index < -0.39 is 11.9 Å². The van der Waals surface area contributed by atoms with Gasteiger partial charge >= 0.3 is 11.9 Å². The number of hydrogen-bond acceptors (Lipinski definition) is 6. The van der Waals surface area contributed by atoms with Gasteiger partial charge in [0, 0.05) is 5.56 Å². The Balaban J connectivity index is 1.56. The van der Waals surface area contributed by atoms with Crippen molar-refractivity contribution in [1.29, 1.82) is 0 Å². The molecule has 0 aliphatic carbocycles. The fraction of sp³-hybridized carbons (Fsp3) is 0.185. The molecule has 178 valence electrons. The van der Waals surface area contributed by atoms with Crippen LogP contribution in [0.15, 0.2) is 70.9 Å². The molecule has 1 heterocycles. The van der Waals surface area contributed by atoms with Crippen LogP contribution < -0.4 is 10.4 Å². The minimum Gasteiger partial charge on any atom is -0.505 e. The van der Waals surface area contributed by atoms with E-state index in [0.717, 1.165) is 16.7 Å². The van der Waals surface area contributed by atoms with Gasteiger partial charge in [-0.15, -0.1) is 0 Å². The molecule has 0 bridgehead atoms. The van der Waals surface area contributed by atoms with Gasteiger partial charge in [0.1, 0.15) is 5.75 Å². The smallest absolute Gasteiger partial charge is 0.310 e. The highest BCUT2D eigenvalue weighted by Gasteiger charge is 2.31. The first-order valence-corrected chi connectivity index (χ1v) is 11.1. The monoisotopic (exact) mass is 470 g/mol. The van der Waals surface area contributed by atoms with E-state index in [1.807, 2.05) is 32.0 Å². The number of aliphatic carboxylic acids is 1. The van der Waals surface area contributed by atoms with Gasteiger partial charge in [0.05, 0.1) is 23.0 Å². The van der Waals surface area contributed by atoms with Crippen molar-refractivity contribution in [3.63, 3.8) is 0 Å². The number of anilines is 2. The number of carboxylic acids is 1. The zero-order valence-electron chi connectivity index (χ0n) is 19.9. The Bertz CT molecular complexity index is 1380. The molecular formula is C27H26N4O4. The number of carbonyl (C=O) groups excluding carboxylic acids is 1. The molecule has 3 aromatic carbocycles. The van der Waals surface area contributed by atoms with E-state index in [4.69, 9.17) is 0 Å². The van der Waals surface area contributed by atoms with E-state index >= 15 is 0 Å². The minimum absolute atomic E-state index is 0.0399. The summed E-state index contributed by atoms with van der Waals surface area (Å²) in [6.45, 7) is 7.30. The molecule has 0 aromatic heterocycles. The molecule has 0 saturated heterocycles. The van der Waals surface area contributed by atoms with E-state index in [2.05, 4.69) is 15.6 Å². The third kappa shape index (κ3) is 4.63. The summed E-state index contributed by atoms with van der Waals surface area (Å²) in [5.41, 5.74) is 8.50. The van der Waals surface area contributed by atoms with Gasteiger partial charge in [-0.3, -0.25) is 15.0 Å². The zero-order valence-corrected chi connectivity index (χ0v) is 19.9. The lowest BCUT2D eigenvalue weighted by atomic mass is 9.97. The first-order chi connectivity index (χ1) is 16.7. The number of aromatic hydroxyl groups is 1. The number of phenolic OH excluding ortho intramolecular Hbond substituents is 1. The maximum Gasteiger partial charge on any atom is 0.310 e. The third-order valence-corrected chi connectivity index (χ3v) is 6.14. The van der Waals surface area contributed by atoms with Crippen LogP contribution in [0.1, 0.15) is 36.5 Å². The van der Waals surface area contributed by atoms with Gasteiger partial charge in [-0.1, -0.05) is 42.5 Å². The summed E-state index contributed by atoms with van der Waals surface area (Å²) in [7, 11) is 0. The van der Waals surface area contributed by atoms with E-state index in [1.54, 1.807) is 56.3 Å². The fourth-order valence-electron chi connectivity index (χ4n) is 3.74. The Labute approximate surface area is 203 Å². The molecule has 8 heteroatoms. The molecule has 0 radical (unpaired) electrons. The highest BCUT2D eigenvalue weighted by molar-refractivity contribution is 6.71. The molecule has 1 atom stereocenters. The zero-order chi connectivity index (χ0) is 25.3. The summed E-state index contributed by atoms with van der Waals surface area (Å²) in [5, 5.41) is 30.0. The standard InChI is InChI=1S/C27H26N4O4/c1-15-8-13-21(14-16(15)2)31-26(33)24(18(4)30-31)29-28-23-7-5-6-22(25(23)32)20-11-9-19(10-12-20)17(3)27(34)35/h5-14,17,28,32H,1-4H3,(H,34,35)/b29-24-/t17-/m0/s1. The number of rotatable bonds is 6. The molecule has 0 spiro atoms. The number of hydrogen-bond donors (Lipinski definition) is 3. The number of hydrazone groups is 2. The summed E-state index contributed by atoms with van der Waals surface area (Å²) in [5.74, 6) is -1.93. The Hall–Kier alpha value is -4.46. The van der Waals surface area contributed by atoms with Gasteiger partial charge in [-0.25, -0.2) is 0 Å². The average molecular weight is 471 g/mol. The van der Waals surface area contributed by atoms with Crippen molar-refractivity contribution >= 4 is 34.7 Å². The van der Waals surface area contributed by atoms with Crippen molar-refractivity contribution in [2.45, 2.75) is 33.6 Å². The second-order valence-electron chi connectivity index (χ2n) is 8.53. The molecule has 3 aromatic rings. The first-order valence-electron chi connectivity index (χ1n) is 11.1. The van der Waals surface area contributed by atoms with Crippen LogP contribution in [0.2, 0.25) is 0 Å². The van der Waals surface area contributed by atoms with Crippen molar-refractivity contribution in [2.75, 3.05) is 10.4 Å². The van der Waals surface area contributed by atoms with Crippen LogP contribution >= 0.6 is 0 Å². The van der Waals surface area contributed by atoms with Crippen LogP contribution in [0, 0.1) is 13.8 Å². The number of para-hydroxylation sites is 1. The van der Waals surface area contributed by atoms with Gasteiger partial charge < -0.3 is 10.2 Å². The number of nitrogens with one attached hydrogen (secondary N) is 1. The molecule has 1 aliphatic heterocycles. The van der Waals surface area contributed by atoms with E-state index in [0.29, 0.717) is 28.2 Å². The number of amides is 1. The van der Waals surface area contributed by atoms with Crippen molar-refractivity contribution in [3.05, 3.63) is 77.4 Å². The summed E-state index contributed by atoms with van der Waals surface area (Å²) < 4.78 is 0. The van der Waals surface area contributed by atoms with Crippen LogP contribution in [0.4, 0.5) is 11.4 Å². The van der Waals surface area contributed by atoms with Crippen molar-refractivity contribution < 1.29 is 19.8 Å². The van der Waals surface area contributed by atoms with Crippen LogP contribution in [0.5, 0.6) is 5.75 Å². The van der Waals surface area contributed by atoms with Crippen molar-refractivity contribution in [2.24, 2.45) is 10.2 Å². The highest BCUT2D eigenvalue weighted by Crippen LogP contribution is 2.36. The Morgan fingerprint density at radius 2 is 1.74 bits per heavy atom. The molecule has 0 fully saturated rings. The number of carboxylic acid groups (broad SMARTS) is 1. The Morgan fingerprint density at radius 3 is 2.40 bits per heavy atom. The number of phenols is 1. The Kier molecular flexibility index (Phi) is 6.38. The minimum atomic E-state index is -0.901. The topological polar surface area (TPSA) is 115 Å². The van der Waals surface area contributed by atoms with E-state index in [1.165, 1.54) is 5.01 Å². The molecular weight excluding hydrogens is 444 g/mol. The number of carbonyl (C=O) groups is 2. The highest BCUT2D eigenvalue weighted by atomic mass is 16.4. The largest absolute Gasteiger partial charge is 0.505 e. The predicted octanol–water partition coefficient (Wildman–Crippen LogP) is 5.05. The molecule has 1 amide bonds. The van der Waals surface area contributed by atoms with E-state index in [-0.39, 0.29) is 17.4 Å². The lowest BCUT2D eigenvalue weighted by Crippen LogP contribution is -2.28. The van der Waals surface area contributed by atoms with Crippen LogP contribution in [0.3, 0.4) is 0 Å². The molecule has 1 aliphatic rings. The first kappa shape index (κ1) is 23.7. The van der Waals surface area contributed by atoms with Crippen LogP contribution in [-0.4, -0.2) is 33.5 Å². The average Bonchev–Trinajstić information content (AvgIpc) is 3.13. The van der Waals surface area contributed by atoms with Gasteiger partial charge in [0.15, 0.2) is 5.71 Å². The molecule has 4 rings (SSSR count). The molecule has 3 N–H and O–H groups in total. The second-order valence-corrected chi connectivity index (χ2v) is 8.53. The van der Waals surface area contributed by atoms with Gasteiger partial charge in [-0.05, 0) is 68.1 Å². The van der Waals surface area contributed by atoms with Crippen molar-refractivity contribution in [1.82, 2.24) is 0 Å². The lowest BCUT2D eigenvalue weighted by Gasteiger charge is -2.13. The van der Waals surface area contributed by atoms with Gasteiger partial charge in [-0.2, -0.15) is 15.2 Å². The van der Waals surface area contributed by atoms with Crippen molar-refractivity contribution in [3.8, 4) is 16.9 Å². The molecule has 0 unspecified atom stereocenters. The molecule has 0 saturated carbocycles. The number of aryl methyl sites for hydroxylation is 2. The fourth-order valence-corrected chi connectivity index (χ4v) is 3.74. The van der Waals surface area contributed by atoms with Crippen LogP contribution in [-0.2, 0) is 9.59 Å². The quantitative estimate of drug-likeness (QED) is 0.344. The SMILES string of the molecule is CC1=NN(c2ccc(C)c(C)c2)C(=O)/C1=N\Nc1cccc(-c2ccc([C@H](C)C(=O)O)cc2)c1O. The lowest BCUT2D eigenvalue weighted by molar-refractivity contribution is -0.138. The summed E-state index contributed by atoms with van der Waals surface area (Å²) in [4.78, 5) is 24.2. The maximum absolute atomic E-state index is 13.0. The van der Waals surface area contributed by atoms with Gasteiger partial charge in [0.2, 0.25) is 0 Å². The van der Waals surface area contributed by atoms with Gasteiger partial charge in [0.25, 0.3) is 0 Å². The maximum atomic E-state index is 13.0. The molecule has 35 heavy (non-hydrogen) atoms. The summed E-state index contributed by atoms with van der Waals surface area (Å²) >= 11 is 0. The Morgan fingerprint density at radius 1 is 1.03 bits per heavy atom. The summed E-state index contributed by atoms with van der Waals surface area (Å²) in [6, 6.07) is 17.8. The van der Waals surface area contributed by atoms with Crippen LogP contribution in [0.25, 0.3) is 11.1 Å². The molecule has 8 nitrogen and oxygen atoms in total. The second kappa shape index (κ2) is 9.42. The predicted molar refractivity (Wildman–Crippen MR) is 137 cm³/mol.